The lowest BCUT2D eigenvalue weighted by molar-refractivity contribution is -0.145. The molecular weight excluding hydrogens is 235 g/mol. The molecule has 0 amide bonds. The number of alkyl halides is 4. The standard InChI is InChI=1S/C7H7BrF3N/c8-6(7(9,10)11)3-1-5(12)2-4-6/h1-3H,4,12H2. The van der Waals surface area contributed by atoms with Crippen LogP contribution in [0.1, 0.15) is 6.42 Å². The summed E-state index contributed by atoms with van der Waals surface area (Å²) in [6.45, 7) is 0. The maximum atomic E-state index is 12.3. The van der Waals surface area contributed by atoms with Crippen LogP contribution < -0.4 is 5.73 Å². The van der Waals surface area contributed by atoms with Crippen LogP contribution in [0, 0.1) is 0 Å². The van der Waals surface area contributed by atoms with E-state index in [1.165, 1.54) is 12.2 Å². The maximum absolute atomic E-state index is 12.3. The summed E-state index contributed by atoms with van der Waals surface area (Å²) in [5.74, 6) is 0. The molecule has 5 heteroatoms. The molecule has 0 spiro atoms. The molecule has 0 saturated heterocycles. The van der Waals surface area contributed by atoms with Gasteiger partial charge in [-0.15, -0.1) is 0 Å². The molecule has 1 atom stereocenters. The Morgan fingerprint density at radius 2 is 2.08 bits per heavy atom. The minimum atomic E-state index is -4.28. The Balaban J connectivity index is 2.86. The lowest BCUT2D eigenvalue weighted by Crippen LogP contribution is -2.38. The Morgan fingerprint density at radius 3 is 2.42 bits per heavy atom. The highest BCUT2D eigenvalue weighted by molar-refractivity contribution is 9.10. The number of hydrogen-bond acceptors (Lipinski definition) is 1. The molecule has 0 heterocycles. The van der Waals surface area contributed by atoms with E-state index in [2.05, 4.69) is 15.9 Å². The van der Waals surface area contributed by atoms with E-state index in [0.717, 1.165) is 6.08 Å². The maximum Gasteiger partial charge on any atom is 0.407 e. The van der Waals surface area contributed by atoms with Gasteiger partial charge in [-0.3, -0.25) is 0 Å². The summed E-state index contributed by atoms with van der Waals surface area (Å²) in [4.78, 5) is 0. The topological polar surface area (TPSA) is 26.0 Å². The van der Waals surface area contributed by atoms with Crippen molar-refractivity contribution in [2.75, 3.05) is 0 Å². The van der Waals surface area contributed by atoms with Crippen molar-refractivity contribution in [2.24, 2.45) is 5.73 Å². The third kappa shape index (κ3) is 1.65. The molecule has 0 bridgehead atoms. The van der Waals surface area contributed by atoms with E-state index in [9.17, 15) is 13.2 Å². The van der Waals surface area contributed by atoms with Crippen molar-refractivity contribution in [3.63, 3.8) is 0 Å². The van der Waals surface area contributed by atoms with Gasteiger partial charge in [0.25, 0.3) is 0 Å². The Hall–Kier alpha value is -0.450. The Bertz CT molecular complexity index is 244. The van der Waals surface area contributed by atoms with Gasteiger partial charge in [-0.2, -0.15) is 13.2 Å². The summed E-state index contributed by atoms with van der Waals surface area (Å²) in [5, 5.41) is 0. The van der Waals surface area contributed by atoms with Gasteiger partial charge in [0.1, 0.15) is 4.32 Å². The molecule has 0 aromatic rings. The van der Waals surface area contributed by atoms with Gasteiger partial charge in [0.2, 0.25) is 0 Å². The summed E-state index contributed by atoms with van der Waals surface area (Å²) in [7, 11) is 0. The molecular formula is C7H7BrF3N. The largest absolute Gasteiger partial charge is 0.407 e. The highest BCUT2D eigenvalue weighted by Gasteiger charge is 2.51. The van der Waals surface area contributed by atoms with Crippen LogP contribution in [-0.4, -0.2) is 10.5 Å². The number of nitrogens with two attached hydrogens (primary N) is 1. The second-order valence-electron chi connectivity index (χ2n) is 2.60. The number of allylic oxidation sites excluding steroid dienone is 3. The van der Waals surface area contributed by atoms with Gasteiger partial charge in [-0.1, -0.05) is 28.1 Å². The van der Waals surface area contributed by atoms with E-state index in [0.29, 0.717) is 5.70 Å². The van der Waals surface area contributed by atoms with E-state index < -0.39 is 10.5 Å². The van der Waals surface area contributed by atoms with Crippen LogP contribution in [0.3, 0.4) is 0 Å². The van der Waals surface area contributed by atoms with Gasteiger partial charge in [0, 0.05) is 5.70 Å². The predicted octanol–water partition coefficient (Wildman–Crippen LogP) is 2.48. The van der Waals surface area contributed by atoms with E-state index in [4.69, 9.17) is 5.73 Å². The first-order valence-corrected chi connectivity index (χ1v) is 4.05. The zero-order chi connectivity index (χ0) is 9.41. The molecule has 1 aliphatic carbocycles. The van der Waals surface area contributed by atoms with Gasteiger partial charge in [0.15, 0.2) is 0 Å². The van der Waals surface area contributed by atoms with Crippen molar-refractivity contribution in [1.82, 2.24) is 0 Å². The van der Waals surface area contributed by atoms with Crippen molar-refractivity contribution in [3.05, 3.63) is 23.9 Å². The third-order valence-corrected chi connectivity index (χ3v) is 2.68. The van der Waals surface area contributed by atoms with Crippen molar-refractivity contribution in [1.29, 1.82) is 0 Å². The first-order valence-electron chi connectivity index (χ1n) is 3.26. The molecule has 1 aliphatic rings. The van der Waals surface area contributed by atoms with Crippen molar-refractivity contribution in [3.8, 4) is 0 Å². The highest BCUT2D eigenvalue weighted by Crippen LogP contribution is 2.43. The number of rotatable bonds is 0. The van der Waals surface area contributed by atoms with Crippen molar-refractivity contribution in [2.45, 2.75) is 16.9 Å². The molecule has 68 valence electrons. The number of halogens is 4. The average molecular weight is 242 g/mol. The fraction of sp³-hybridized carbons (Fsp3) is 0.429. The zero-order valence-electron chi connectivity index (χ0n) is 6.03. The average Bonchev–Trinajstić information content (AvgIpc) is 1.93. The smallest absolute Gasteiger partial charge is 0.399 e. The summed E-state index contributed by atoms with van der Waals surface area (Å²) >= 11 is 2.63. The minimum Gasteiger partial charge on any atom is -0.399 e. The van der Waals surface area contributed by atoms with Crippen molar-refractivity contribution >= 4 is 15.9 Å². The second-order valence-corrected chi connectivity index (χ2v) is 4.02. The molecule has 0 fully saturated rings. The highest BCUT2D eigenvalue weighted by atomic mass is 79.9. The Kier molecular flexibility index (Phi) is 2.25. The quantitative estimate of drug-likeness (QED) is 0.649. The molecule has 0 saturated carbocycles. The van der Waals surface area contributed by atoms with Gasteiger partial charge >= 0.3 is 6.18 Å². The Labute approximate surface area is 76.2 Å². The van der Waals surface area contributed by atoms with Crippen LogP contribution in [0.2, 0.25) is 0 Å². The minimum absolute atomic E-state index is 0.154. The fourth-order valence-corrected chi connectivity index (χ4v) is 1.14. The van der Waals surface area contributed by atoms with E-state index in [1.807, 2.05) is 0 Å². The molecule has 0 aromatic heterocycles. The van der Waals surface area contributed by atoms with E-state index in [1.54, 1.807) is 0 Å². The lowest BCUT2D eigenvalue weighted by Gasteiger charge is -2.27. The molecule has 0 radical (unpaired) electrons. The van der Waals surface area contributed by atoms with Gasteiger partial charge in [-0.25, -0.2) is 0 Å². The van der Waals surface area contributed by atoms with Crippen molar-refractivity contribution < 1.29 is 13.2 Å². The normalized spacial score (nSPS) is 30.2. The first kappa shape index (κ1) is 9.64. The van der Waals surface area contributed by atoms with Crippen LogP contribution >= 0.6 is 15.9 Å². The number of hydrogen-bond donors (Lipinski definition) is 1. The van der Waals surface area contributed by atoms with Gasteiger partial charge in [0.05, 0.1) is 0 Å². The predicted molar refractivity (Wildman–Crippen MR) is 43.7 cm³/mol. The van der Waals surface area contributed by atoms with Crippen LogP contribution in [0.4, 0.5) is 13.2 Å². The molecule has 1 rings (SSSR count). The Morgan fingerprint density at radius 1 is 1.50 bits per heavy atom. The summed E-state index contributed by atoms with van der Waals surface area (Å²) in [6.07, 6.45) is -0.796. The summed E-state index contributed by atoms with van der Waals surface area (Å²) in [5.41, 5.74) is 5.65. The molecule has 0 aliphatic heterocycles. The molecule has 1 unspecified atom stereocenters. The van der Waals surface area contributed by atoms with Crippen LogP contribution in [0.15, 0.2) is 23.9 Å². The molecule has 12 heavy (non-hydrogen) atoms. The van der Waals surface area contributed by atoms with Crippen LogP contribution in [-0.2, 0) is 0 Å². The second kappa shape index (κ2) is 2.80. The molecule has 1 nitrogen and oxygen atoms in total. The van der Waals surface area contributed by atoms with E-state index in [-0.39, 0.29) is 6.42 Å². The lowest BCUT2D eigenvalue weighted by atomic mass is 9.99. The van der Waals surface area contributed by atoms with Crippen LogP contribution in [0.5, 0.6) is 0 Å². The SMILES string of the molecule is NC1=CCC(Br)(C(F)(F)F)C=C1. The monoisotopic (exact) mass is 241 g/mol. The van der Waals surface area contributed by atoms with E-state index >= 15 is 0 Å². The summed E-state index contributed by atoms with van der Waals surface area (Å²) in [6, 6.07) is 0. The molecule has 2 N–H and O–H groups in total. The first-order chi connectivity index (χ1) is 5.35. The molecule has 0 aromatic carbocycles. The van der Waals surface area contributed by atoms with Gasteiger partial charge < -0.3 is 5.73 Å². The third-order valence-electron chi connectivity index (χ3n) is 1.65. The fourth-order valence-electron chi connectivity index (χ4n) is 0.841. The summed E-state index contributed by atoms with van der Waals surface area (Å²) < 4.78 is 34.9. The van der Waals surface area contributed by atoms with Crippen LogP contribution in [0.25, 0.3) is 0 Å². The van der Waals surface area contributed by atoms with Gasteiger partial charge in [-0.05, 0) is 12.5 Å². The zero-order valence-corrected chi connectivity index (χ0v) is 7.61.